The lowest BCUT2D eigenvalue weighted by atomic mass is 9.86. The number of rotatable bonds is 6. The molecular weight excluding hydrogens is 238 g/mol. The Morgan fingerprint density at radius 2 is 2.06 bits per heavy atom. The first-order valence-electron chi connectivity index (χ1n) is 6.08. The highest BCUT2D eigenvalue weighted by Gasteiger charge is 2.37. The Morgan fingerprint density at radius 1 is 1.47 bits per heavy atom. The van der Waals surface area contributed by atoms with Crippen LogP contribution in [0.15, 0.2) is 6.20 Å². The molecule has 0 bridgehead atoms. The standard InChI is InChI=1S/C12H22ClN3O/c1-5-12(6-2,17-4)11(14)10-9(13)8-15-16(10)7-3/h8,11H,5-7,14H2,1-4H3. The fraction of sp³-hybridized carbons (Fsp3) is 0.750. The van der Waals surface area contributed by atoms with Crippen LogP contribution in [-0.4, -0.2) is 22.5 Å². The molecule has 1 rings (SSSR count). The highest BCUT2D eigenvalue weighted by atomic mass is 35.5. The summed E-state index contributed by atoms with van der Waals surface area (Å²) in [6.45, 7) is 6.93. The molecule has 98 valence electrons. The molecule has 1 aromatic heterocycles. The average molecular weight is 260 g/mol. The van der Waals surface area contributed by atoms with Gasteiger partial charge in [-0.1, -0.05) is 25.4 Å². The molecule has 0 fully saturated rings. The highest BCUT2D eigenvalue weighted by molar-refractivity contribution is 6.31. The summed E-state index contributed by atoms with van der Waals surface area (Å²) >= 11 is 6.18. The van der Waals surface area contributed by atoms with Gasteiger partial charge in [-0.25, -0.2) is 0 Å². The minimum Gasteiger partial charge on any atom is -0.376 e. The highest BCUT2D eigenvalue weighted by Crippen LogP contribution is 2.35. The monoisotopic (exact) mass is 259 g/mol. The van der Waals surface area contributed by atoms with E-state index < -0.39 is 0 Å². The van der Waals surface area contributed by atoms with Crippen LogP contribution in [0.5, 0.6) is 0 Å². The normalized spacial score (nSPS) is 14.0. The predicted octanol–water partition coefficient (Wildman–Crippen LogP) is 2.76. The first-order chi connectivity index (χ1) is 8.06. The molecule has 1 heterocycles. The molecule has 0 aliphatic rings. The van der Waals surface area contributed by atoms with Crippen LogP contribution in [0.3, 0.4) is 0 Å². The minimum absolute atomic E-state index is 0.266. The van der Waals surface area contributed by atoms with Gasteiger partial charge in [0, 0.05) is 13.7 Å². The van der Waals surface area contributed by atoms with E-state index in [2.05, 4.69) is 18.9 Å². The molecule has 1 atom stereocenters. The number of halogens is 1. The number of methoxy groups -OCH3 is 1. The third-order valence-electron chi connectivity index (χ3n) is 3.60. The number of aryl methyl sites for hydroxylation is 1. The molecule has 2 N–H and O–H groups in total. The van der Waals surface area contributed by atoms with Crippen LogP contribution < -0.4 is 5.73 Å². The quantitative estimate of drug-likeness (QED) is 0.855. The lowest BCUT2D eigenvalue weighted by Gasteiger charge is -2.36. The fourth-order valence-corrected chi connectivity index (χ4v) is 2.55. The molecule has 0 aliphatic heterocycles. The van der Waals surface area contributed by atoms with E-state index in [-0.39, 0.29) is 11.6 Å². The first-order valence-corrected chi connectivity index (χ1v) is 6.46. The van der Waals surface area contributed by atoms with Crippen molar-refractivity contribution in [1.29, 1.82) is 0 Å². The van der Waals surface area contributed by atoms with Crippen molar-refractivity contribution in [3.05, 3.63) is 16.9 Å². The summed E-state index contributed by atoms with van der Waals surface area (Å²) in [4.78, 5) is 0. The molecule has 17 heavy (non-hydrogen) atoms. The molecule has 0 saturated heterocycles. The molecule has 0 saturated carbocycles. The lowest BCUT2D eigenvalue weighted by molar-refractivity contribution is -0.0404. The van der Waals surface area contributed by atoms with E-state index in [1.807, 2.05) is 11.6 Å². The van der Waals surface area contributed by atoms with Crippen LogP contribution in [0.1, 0.15) is 45.3 Å². The number of nitrogens with zero attached hydrogens (tertiary/aromatic N) is 2. The van der Waals surface area contributed by atoms with Gasteiger partial charge in [-0.05, 0) is 19.8 Å². The number of nitrogens with two attached hydrogens (primary N) is 1. The molecular formula is C12H22ClN3O. The molecule has 1 aromatic rings. The van der Waals surface area contributed by atoms with Gasteiger partial charge < -0.3 is 10.5 Å². The van der Waals surface area contributed by atoms with Crippen molar-refractivity contribution in [3.63, 3.8) is 0 Å². The summed E-state index contributed by atoms with van der Waals surface area (Å²) in [6.07, 6.45) is 3.32. The molecule has 1 unspecified atom stereocenters. The van der Waals surface area contributed by atoms with Crippen LogP contribution in [0.2, 0.25) is 5.02 Å². The summed E-state index contributed by atoms with van der Waals surface area (Å²) in [7, 11) is 1.70. The van der Waals surface area contributed by atoms with E-state index in [9.17, 15) is 0 Å². The van der Waals surface area contributed by atoms with Gasteiger partial charge in [0.05, 0.1) is 28.6 Å². The van der Waals surface area contributed by atoms with Crippen molar-refractivity contribution >= 4 is 11.6 Å². The van der Waals surface area contributed by atoms with E-state index >= 15 is 0 Å². The van der Waals surface area contributed by atoms with Crippen molar-refractivity contribution in [2.75, 3.05) is 7.11 Å². The zero-order valence-electron chi connectivity index (χ0n) is 11.0. The Bertz CT molecular complexity index is 352. The van der Waals surface area contributed by atoms with Gasteiger partial charge in [0.2, 0.25) is 0 Å². The first kappa shape index (κ1) is 14.5. The van der Waals surface area contributed by atoms with Crippen molar-refractivity contribution in [3.8, 4) is 0 Å². The van der Waals surface area contributed by atoms with Crippen molar-refractivity contribution < 1.29 is 4.74 Å². The molecule has 0 aliphatic carbocycles. The third-order valence-corrected chi connectivity index (χ3v) is 3.89. The minimum atomic E-state index is -0.378. The van der Waals surface area contributed by atoms with Gasteiger partial charge in [-0.2, -0.15) is 5.10 Å². The Labute approximate surface area is 108 Å². The molecule has 0 spiro atoms. The van der Waals surface area contributed by atoms with E-state index in [0.717, 1.165) is 25.1 Å². The maximum absolute atomic E-state index is 6.36. The summed E-state index contributed by atoms with van der Waals surface area (Å²) in [5.41, 5.74) is 6.84. The number of aromatic nitrogens is 2. The van der Waals surface area contributed by atoms with Gasteiger partial charge in [0.15, 0.2) is 0 Å². The van der Waals surface area contributed by atoms with E-state index in [4.69, 9.17) is 22.1 Å². The topological polar surface area (TPSA) is 53.1 Å². The molecule has 5 heteroatoms. The Balaban J connectivity index is 3.17. The Hall–Kier alpha value is -0.580. The Morgan fingerprint density at radius 3 is 2.47 bits per heavy atom. The van der Waals surface area contributed by atoms with Gasteiger partial charge in [-0.15, -0.1) is 0 Å². The summed E-state index contributed by atoms with van der Waals surface area (Å²) < 4.78 is 7.49. The van der Waals surface area contributed by atoms with Crippen LogP contribution in [0, 0.1) is 0 Å². The largest absolute Gasteiger partial charge is 0.376 e. The molecule has 4 nitrogen and oxygen atoms in total. The number of hydrogen-bond donors (Lipinski definition) is 1. The lowest BCUT2D eigenvalue weighted by Crippen LogP contribution is -2.43. The van der Waals surface area contributed by atoms with Crippen LogP contribution in [0.4, 0.5) is 0 Å². The Kier molecular flexibility index (Phi) is 4.98. The SMILES string of the molecule is CCn1ncc(Cl)c1C(N)C(CC)(CC)OC. The summed E-state index contributed by atoms with van der Waals surface area (Å²) in [6, 6.07) is -0.266. The predicted molar refractivity (Wildman–Crippen MR) is 70.2 cm³/mol. The van der Waals surface area contributed by atoms with Gasteiger partial charge in [-0.3, -0.25) is 4.68 Å². The summed E-state index contributed by atoms with van der Waals surface area (Å²) in [5.74, 6) is 0. The van der Waals surface area contributed by atoms with Crippen LogP contribution in [-0.2, 0) is 11.3 Å². The maximum atomic E-state index is 6.36. The zero-order valence-corrected chi connectivity index (χ0v) is 11.8. The molecule has 0 radical (unpaired) electrons. The maximum Gasteiger partial charge on any atom is 0.0881 e. The molecule has 0 aromatic carbocycles. The van der Waals surface area contributed by atoms with Gasteiger partial charge >= 0.3 is 0 Å². The zero-order chi connectivity index (χ0) is 13.1. The van der Waals surface area contributed by atoms with Crippen LogP contribution >= 0.6 is 11.6 Å². The van der Waals surface area contributed by atoms with E-state index in [1.165, 1.54) is 0 Å². The van der Waals surface area contributed by atoms with Gasteiger partial charge in [0.1, 0.15) is 0 Å². The van der Waals surface area contributed by atoms with Crippen molar-refractivity contribution in [2.24, 2.45) is 5.73 Å². The van der Waals surface area contributed by atoms with E-state index in [1.54, 1.807) is 13.3 Å². The third kappa shape index (κ3) is 2.49. The molecule has 0 amide bonds. The smallest absolute Gasteiger partial charge is 0.0881 e. The number of ether oxygens (including phenoxy) is 1. The van der Waals surface area contributed by atoms with Crippen LogP contribution in [0.25, 0.3) is 0 Å². The second kappa shape index (κ2) is 5.85. The summed E-state index contributed by atoms with van der Waals surface area (Å²) in [5, 5.41) is 4.83. The van der Waals surface area contributed by atoms with Gasteiger partial charge in [0.25, 0.3) is 0 Å². The average Bonchev–Trinajstić information content (AvgIpc) is 2.73. The van der Waals surface area contributed by atoms with Crippen molar-refractivity contribution in [1.82, 2.24) is 9.78 Å². The van der Waals surface area contributed by atoms with Crippen molar-refractivity contribution in [2.45, 2.75) is 51.8 Å². The van der Waals surface area contributed by atoms with E-state index in [0.29, 0.717) is 5.02 Å². The second-order valence-corrected chi connectivity index (χ2v) is 4.55. The number of hydrogen-bond acceptors (Lipinski definition) is 3. The fourth-order valence-electron chi connectivity index (χ4n) is 2.29. The second-order valence-electron chi connectivity index (χ2n) is 4.15.